The fourth-order valence-electron chi connectivity index (χ4n) is 13.3. The van der Waals surface area contributed by atoms with E-state index in [1.807, 2.05) is 0 Å². The Bertz CT molecular complexity index is 3200. The molecule has 0 saturated heterocycles. The summed E-state index contributed by atoms with van der Waals surface area (Å²) in [5.74, 6) is 2.70. The second-order valence-corrected chi connectivity index (χ2v) is 20.0. The quantitative estimate of drug-likeness (QED) is 0.152. The lowest BCUT2D eigenvalue weighted by molar-refractivity contribution is -0.00518. The number of hydrogen-bond donors (Lipinski definition) is 0. The molecule has 4 fully saturated rings. The zero-order valence-corrected chi connectivity index (χ0v) is 36.7. The molecule has 0 amide bonds. The van der Waals surface area contributed by atoms with Crippen LogP contribution in [0.2, 0.25) is 0 Å². The summed E-state index contributed by atoms with van der Waals surface area (Å²) in [6, 6.07) is 69.7. The number of benzene rings is 8. The topological polar surface area (TPSA) is 19.6 Å². The molecule has 14 rings (SSSR count). The van der Waals surface area contributed by atoms with Gasteiger partial charge in [-0.05, 0) is 167 Å². The molecule has 64 heavy (non-hydrogen) atoms. The van der Waals surface area contributed by atoms with Gasteiger partial charge in [0.25, 0.3) is 0 Å². The monoisotopic (exact) mass is 828 g/mol. The number of hydrogen-bond acceptors (Lipinski definition) is 3. The normalized spacial score (nSPS) is 21.2. The van der Waals surface area contributed by atoms with Crippen LogP contribution in [-0.4, -0.2) is 0 Å². The molecule has 9 aromatic rings. The van der Waals surface area contributed by atoms with Gasteiger partial charge in [-0.15, -0.1) is 0 Å². The van der Waals surface area contributed by atoms with Gasteiger partial charge in [0.1, 0.15) is 5.58 Å². The molecule has 0 aliphatic heterocycles. The maximum atomic E-state index is 6.99. The lowest BCUT2D eigenvalue weighted by Gasteiger charge is -2.57. The summed E-state index contributed by atoms with van der Waals surface area (Å²) in [6.07, 6.45) is 8.43. The molecule has 4 bridgehead atoms. The third-order valence-electron chi connectivity index (χ3n) is 15.8. The first-order valence-corrected chi connectivity index (χ1v) is 23.5. The van der Waals surface area contributed by atoms with E-state index in [2.05, 4.69) is 212 Å². The Labute approximate surface area is 376 Å². The van der Waals surface area contributed by atoms with Crippen molar-refractivity contribution in [1.29, 1.82) is 0 Å². The number of para-hydroxylation sites is 2. The van der Waals surface area contributed by atoms with Gasteiger partial charge in [-0.25, -0.2) is 0 Å². The highest BCUT2D eigenvalue weighted by Gasteiger charge is 2.51. The van der Waals surface area contributed by atoms with E-state index < -0.39 is 0 Å². The van der Waals surface area contributed by atoms with Crippen molar-refractivity contribution in [2.45, 2.75) is 63.2 Å². The number of furan rings is 1. The molecule has 0 unspecified atom stereocenters. The Balaban J connectivity index is 1.03. The smallest absolute Gasteiger partial charge is 0.159 e. The third-order valence-corrected chi connectivity index (χ3v) is 15.8. The van der Waals surface area contributed by atoms with Crippen molar-refractivity contribution in [3.05, 3.63) is 205 Å². The van der Waals surface area contributed by atoms with Gasteiger partial charge >= 0.3 is 0 Å². The van der Waals surface area contributed by atoms with Crippen LogP contribution in [0.5, 0.6) is 0 Å². The molecule has 5 aliphatic rings. The Morgan fingerprint density at radius 2 is 1.03 bits per heavy atom. The van der Waals surface area contributed by atoms with Gasteiger partial charge in [0.05, 0.1) is 5.69 Å². The van der Waals surface area contributed by atoms with E-state index in [4.69, 9.17) is 4.42 Å². The molecule has 4 saturated carbocycles. The highest BCUT2D eigenvalue weighted by Crippen LogP contribution is 2.61. The molecule has 3 nitrogen and oxygen atoms in total. The summed E-state index contributed by atoms with van der Waals surface area (Å²) in [7, 11) is 0. The van der Waals surface area contributed by atoms with Crippen LogP contribution >= 0.6 is 0 Å². The number of nitrogens with zero attached hydrogens (tertiary/aromatic N) is 2. The predicted molar refractivity (Wildman–Crippen MR) is 266 cm³/mol. The van der Waals surface area contributed by atoms with Crippen LogP contribution in [0.25, 0.3) is 44.2 Å². The lowest BCUT2D eigenvalue weighted by atomic mass is 9.48. The molecule has 0 radical (unpaired) electrons. The molecule has 1 heterocycles. The van der Waals surface area contributed by atoms with Crippen LogP contribution in [0, 0.1) is 17.8 Å². The van der Waals surface area contributed by atoms with Crippen LogP contribution in [0.4, 0.5) is 34.1 Å². The number of rotatable bonds is 8. The molecule has 0 spiro atoms. The number of fused-ring (bicyclic) bond motifs is 6. The summed E-state index contributed by atoms with van der Waals surface area (Å²) >= 11 is 0. The summed E-state index contributed by atoms with van der Waals surface area (Å²) in [6.45, 7) is 4.73. The van der Waals surface area contributed by atoms with Crippen LogP contribution in [0.1, 0.15) is 69.1 Å². The molecule has 5 aliphatic carbocycles. The van der Waals surface area contributed by atoms with Crippen LogP contribution in [0.3, 0.4) is 0 Å². The first kappa shape index (κ1) is 37.7. The summed E-state index contributed by atoms with van der Waals surface area (Å²) < 4.78 is 6.99. The zero-order chi connectivity index (χ0) is 42.6. The summed E-state index contributed by atoms with van der Waals surface area (Å²) in [4.78, 5) is 4.90. The Kier molecular flexibility index (Phi) is 8.45. The third kappa shape index (κ3) is 5.93. The molecule has 312 valence electrons. The molecular formula is C61H52N2O. The van der Waals surface area contributed by atoms with E-state index in [0.29, 0.717) is 5.41 Å². The van der Waals surface area contributed by atoms with Gasteiger partial charge in [-0.1, -0.05) is 135 Å². The second kappa shape index (κ2) is 14.3. The second-order valence-electron chi connectivity index (χ2n) is 20.0. The summed E-state index contributed by atoms with van der Waals surface area (Å²) in [5.41, 5.74) is 17.7. The largest absolute Gasteiger partial charge is 0.454 e. The summed E-state index contributed by atoms with van der Waals surface area (Å²) in [5, 5.41) is 2.20. The predicted octanol–water partition coefficient (Wildman–Crippen LogP) is 17.0. The van der Waals surface area contributed by atoms with E-state index >= 15 is 0 Å². The minimum atomic E-state index is -0.149. The van der Waals surface area contributed by atoms with Crippen LogP contribution in [-0.2, 0) is 10.8 Å². The van der Waals surface area contributed by atoms with Crippen molar-refractivity contribution >= 4 is 56.1 Å². The first-order chi connectivity index (χ1) is 31.4. The van der Waals surface area contributed by atoms with Crippen molar-refractivity contribution < 1.29 is 4.42 Å². The molecular weight excluding hydrogens is 777 g/mol. The Morgan fingerprint density at radius 3 is 1.80 bits per heavy atom. The molecule has 0 atom stereocenters. The minimum Gasteiger partial charge on any atom is -0.454 e. The van der Waals surface area contributed by atoms with Gasteiger partial charge in [0.15, 0.2) is 5.58 Å². The highest BCUT2D eigenvalue weighted by molar-refractivity contribution is 6.12. The average molecular weight is 829 g/mol. The average Bonchev–Trinajstić information content (AvgIpc) is 3.81. The van der Waals surface area contributed by atoms with Crippen molar-refractivity contribution in [3.8, 4) is 22.3 Å². The Morgan fingerprint density at radius 1 is 0.438 bits per heavy atom. The van der Waals surface area contributed by atoms with Gasteiger partial charge < -0.3 is 14.2 Å². The molecule has 1 aromatic heterocycles. The van der Waals surface area contributed by atoms with Gasteiger partial charge in [-0.2, -0.15) is 0 Å². The zero-order valence-electron chi connectivity index (χ0n) is 36.7. The fourth-order valence-corrected chi connectivity index (χ4v) is 13.3. The maximum absolute atomic E-state index is 6.99. The number of anilines is 6. The highest BCUT2D eigenvalue weighted by atomic mass is 16.3. The van der Waals surface area contributed by atoms with Crippen molar-refractivity contribution in [1.82, 2.24) is 0 Å². The van der Waals surface area contributed by atoms with E-state index in [9.17, 15) is 0 Å². The molecule has 0 N–H and O–H groups in total. The van der Waals surface area contributed by atoms with Gasteiger partial charge in [0.2, 0.25) is 0 Å². The van der Waals surface area contributed by atoms with Gasteiger partial charge in [-0.3, -0.25) is 0 Å². The standard InChI is InChI=1S/C61H52N2O/c1-60(2)55-22-11-9-20-51(55)52-29-28-49(35-56(52)60)63(46-17-7-4-8-18-46)57-36-50(34-54-53-21-10-12-23-58(53)64-59(54)57)62(48-19-13-16-44(33-48)43-14-5-3-6-15-43)47-26-24-45(25-27-47)61-37-40-30-41(38-61)32-42(31-40)39-61/h3-29,33-36,40-42H,30-32,37-39H2,1-2H3. The van der Waals surface area contributed by atoms with E-state index in [-0.39, 0.29) is 5.41 Å². The van der Waals surface area contributed by atoms with Crippen LogP contribution in [0.15, 0.2) is 192 Å². The van der Waals surface area contributed by atoms with Crippen molar-refractivity contribution in [2.75, 3.05) is 9.80 Å². The minimum absolute atomic E-state index is 0.149. The van der Waals surface area contributed by atoms with Crippen molar-refractivity contribution in [2.24, 2.45) is 17.8 Å². The van der Waals surface area contributed by atoms with Gasteiger partial charge in [0, 0.05) is 44.6 Å². The molecule has 3 heteroatoms. The van der Waals surface area contributed by atoms with Crippen LogP contribution < -0.4 is 9.80 Å². The fraction of sp³-hybridized carbons (Fsp3) is 0.213. The SMILES string of the molecule is CC1(C)c2ccccc2-c2ccc(N(c3ccccc3)c3cc(N(c4ccc(C56CC7CC(CC(C7)C5)C6)cc4)c4cccc(-c5ccccc5)c4)cc4c3oc3ccccc34)cc21. The Hall–Kier alpha value is -6.84. The van der Waals surface area contributed by atoms with E-state index in [0.717, 1.165) is 73.8 Å². The first-order valence-electron chi connectivity index (χ1n) is 23.5. The lowest BCUT2D eigenvalue weighted by Crippen LogP contribution is -2.48. The van der Waals surface area contributed by atoms with E-state index in [1.54, 1.807) is 5.56 Å². The van der Waals surface area contributed by atoms with E-state index in [1.165, 1.54) is 71.9 Å². The molecule has 8 aromatic carbocycles. The van der Waals surface area contributed by atoms with Crippen molar-refractivity contribution in [3.63, 3.8) is 0 Å². The maximum Gasteiger partial charge on any atom is 0.159 e.